The van der Waals surface area contributed by atoms with E-state index in [1.807, 2.05) is 0 Å². The van der Waals surface area contributed by atoms with Gasteiger partial charge in [0, 0.05) is 38.1 Å². The molecule has 2 fully saturated rings. The summed E-state index contributed by atoms with van der Waals surface area (Å²) in [7, 11) is 0. The van der Waals surface area contributed by atoms with Crippen molar-refractivity contribution in [3.8, 4) is 11.3 Å². The number of amides is 1. The fourth-order valence-electron chi connectivity index (χ4n) is 4.44. The summed E-state index contributed by atoms with van der Waals surface area (Å²) in [6, 6.07) is 3.61. The molecule has 1 saturated heterocycles. The molecule has 1 aliphatic carbocycles. The Hall–Kier alpha value is -2.88. The lowest BCUT2D eigenvalue weighted by atomic mass is 9.93. The number of anilines is 2. The van der Waals surface area contributed by atoms with Crippen molar-refractivity contribution in [1.82, 2.24) is 19.9 Å². The lowest BCUT2D eigenvalue weighted by molar-refractivity contribution is 0.0666. The summed E-state index contributed by atoms with van der Waals surface area (Å²) in [5.41, 5.74) is 1.73. The summed E-state index contributed by atoms with van der Waals surface area (Å²) >= 11 is 0. The van der Waals surface area contributed by atoms with E-state index in [4.69, 9.17) is 0 Å². The molecule has 10 heteroatoms. The Kier molecular flexibility index (Phi) is 8.43. The van der Waals surface area contributed by atoms with Crippen LogP contribution >= 0.6 is 0 Å². The molecular weight excluding hydrogens is 454 g/mol. The fourth-order valence-corrected chi connectivity index (χ4v) is 4.44. The van der Waals surface area contributed by atoms with Gasteiger partial charge in [-0.25, -0.2) is 13.8 Å². The maximum absolute atomic E-state index is 13.7. The van der Waals surface area contributed by atoms with Gasteiger partial charge >= 0.3 is 0 Å². The van der Waals surface area contributed by atoms with Crippen LogP contribution in [0.4, 0.5) is 20.5 Å². The van der Waals surface area contributed by atoms with E-state index < -0.39 is 12.3 Å². The number of halogens is 2. The van der Waals surface area contributed by atoms with Crippen LogP contribution in [0.5, 0.6) is 0 Å². The molecule has 2 aromatic heterocycles. The molecule has 190 valence electrons. The fraction of sp³-hybridized carbons (Fsp3) is 0.600. The molecule has 1 aliphatic heterocycles. The molecule has 1 atom stereocenters. The maximum Gasteiger partial charge on any atom is 0.255 e. The Morgan fingerprint density at radius 3 is 2.54 bits per heavy atom. The predicted molar refractivity (Wildman–Crippen MR) is 131 cm³/mol. The van der Waals surface area contributed by atoms with Gasteiger partial charge in [0.15, 0.2) is 0 Å². The van der Waals surface area contributed by atoms with Crippen molar-refractivity contribution >= 4 is 17.7 Å². The minimum atomic E-state index is -0.989. The van der Waals surface area contributed by atoms with Crippen LogP contribution < -0.4 is 10.6 Å². The van der Waals surface area contributed by atoms with Gasteiger partial charge in [-0.1, -0.05) is 6.92 Å². The number of nitrogens with one attached hydrogen (secondary N) is 2. The number of pyridine rings is 1. The number of aliphatic hydroxyl groups is 1. The Morgan fingerprint density at radius 1 is 1.14 bits per heavy atom. The smallest absolute Gasteiger partial charge is 0.255 e. The summed E-state index contributed by atoms with van der Waals surface area (Å²) in [5, 5.41) is 16.2. The van der Waals surface area contributed by atoms with Crippen molar-refractivity contribution in [2.75, 3.05) is 30.3 Å². The molecule has 4 rings (SSSR count). The first kappa shape index (κ1) is 25.2. The average molecular weight is 489 g/mol. The van der Waals surface area contributed by atoms with Gasteiger partial charge in [0.2, 0.25) is 5.95 Å². The third-order valence-electron chi connectivity index (χ3n) is 6.75. The van der Waals surface area contributed by atoms with Gasteiger partial charge in [-0.3, -0.25) is 9.78 Å². The van der Waals surface area contributed by atoms with E-state index in [9.17, 15) is 18.7 Å². The molecule has 2 aromatic rings. The highest BCUT2D eigenvalue weighted by Gasteiger charge is 2.24. The number of carbonyl (C=O) groups excluding carboxylic acids is 1. The summed E-state index contributed by atoms with van der Waals surface area (Å²) < 4.78 is 27.1. The standard InChI is InChI=1S/C25H34F2N6O2/c1-2-17(26)14-29-25-30-15-21(23(32-25)31-19-4-6-20(34)7-5-19)22-8-3-16(13-28-22)24(35)33-11-9-18(27)10-12-33/h3,8,13,15,17-20,34H,2,4-7,9-12,14H2,1H3,(H2,29,30,31,32)/t17-,19?,20?/m0/s1. The number of nitrogens with zero attached hydrogens (tertiary/aromatic N) is 4. The predicted octanol–water partition coefficient (Wildman–Crippen LogP) is 3.99. The average Bonchev–Trinajstić information content (AvgIpc) is 2.89. The van der Waals surface area contributed by atoms with E-state index in [0.717, 1.165) is 25.7 Å². The minimum Gasteiger partial charge on any atom is -0.393 e. The zero-order chi connectivity index (χ0) is 24.8. The van der Waals surface area contributed by atoms with E-state index in [2.05, 4.69) is 25.6 Å². The molecular formula is C25H34F2N6O2. The number of likely N-dealkylation sites (tertiary alicyclic amines) is 1. The number of rotatable bonds is 8. The van der Waals surface area contributed by atoms with Crippen LogP contribution in [-0.4, -0.2) is 75.0 Å². The van der Waals surface area contributed by atoms with Gasteiger partial charge in [-0.2, -0.15) is 4.98 Å². The molecule has 2 aliphatic rings. The van der Waals surface area contributed by atoms with Gasteiger partial charge in [-0.15, -0.1) is 0 Å². The molecule has 8 nitrogen and oxygen atoms in total. The van der Waals surface area contributed by atoms with Crippen LogP contribution in [0.25, 0.3) is 11.3 Å². The first-order valence-corrected chi connectivity index (χ1v) is 12.5. The van der Waals surface area contributed by atoms with Gasteiger partial charge in [0.25, 0.3) is 5.91 Å². The number of aliphatic hydroxyl groups excluding tert-OH is 1. The van der Waals surface area contributed by atoms with E-state index in [0.29, 0.717) is 60.9 Å². The van der Waals surface area contributed by atoms with Crippen LogP contribution in [0.15, 0.2) is 24.5 Å². The van der Waals surface area contributed by atoms with Crippen molar-refractivity contribution in [2.45, 2.75) is 76.4 Å². The van der Waals surface area contributed by atoms with Crippen molar-refractivity contribution in [3.63, 3.8) is 0 Å². The SMILES string of the molecule is CC[C@H](F)CNc1ncc(-c2ccc(C(=O)N3CCC(F)CC3)cn2)c(NC2CCC(O)CC2)n1. The molecule has 1 amide bonds. The normalized spacial score (nSPS) is 22.0. The van der Waals surface area contributed by atoms with E-state index in [-0.39, 0.29) is 24.6 Å². The number of carbonyl (C=O) groups is 1. The largest absolute Gasteiger partial charge is 0.393 e. The van der Waals surface area contributed by atoms with Crippen molar-refractivity contribution in [3.05, 3.63) is 30.1 Å². The van der Waals surface area contributed by atoms with Gasteiger partial charge in [0.05, 0.1) is 22.9 Å². The van der Waals surface area contributed by atoms with E-state index in [1.165, 1.54) is 6.20 Å². The number of hydrogen-bond acceptors (Lipinski definition) is 7. The molecule has 0 aromatic carbocycles. The van der Waals surface area contributed by atoms with Gasteiger partial charge < -0.3 is 20.6 Å². The first-order chi connectivity index (χ1) is 16.9. The summed E-state index contributed by atoms with van der Waals surface area (Å²) in [5.74, 6) is 0.751. The molecule has 3 N–H and O–H groups in total. The van der Waals surface area contributed by atoms with Crippen LogP contribution in [0, 0.1) is 0 Å². The third-order valence-corrected chi connectivity index (χ3v) is 6.75. The highest BCUT2D eigenvalue weighted by Crippen LogP contribution is 2.29. The van der Waals surface area contributed by atoms with Crippen LogP contribution in [-0.2, 0) is 0 Å². The molecule has 0 spiro atoms. The van der Waals surface area contributed by atoms with E-state index >= 15 is 0 Å². The Morgan fingerprint density at radius 2 is 1.89 bits per heavy atom. The minimum absolute atomic E-state index is 0.125. The number of alkyl halides is 2. The number of aromatic nitrogens is 3. The van der Waals surface area contributed by atoms with Gasteiger partial charge in [0.1, 0.15) is 18.2 Å². The molecule has 0 radical (unpaired) electrons. The summed E-state index contributed by atoms with van der Waals surface area (Å²) in [6.07, 6.45) is 5.27. The summed E-state index contributed by atoms with van der Waals surface area (Å²) in [4.78, 5) is 27.9. The zero-order valence-corrected chi connectivity index (χ0v) is 20.1. The molecule has 0 unspecified atom stereocenters. The van der Waals surface area contributed by atoms with Gasteiger partial charge in [-0.05, 0) is 57.1 Å². The maximum atomic E-state index is 13.7. The molecule has 1 saturated carbocycles. The van der Waals surface area contributed by atoms with Crippen LogP contribution in [0.3, 0.4) is 0 Å². The second-order valence-corrected chi connectivity index (χ2v) is 9.39. The van der Waals surface area contributed by atoms with Crippen molar-refractivity contribution in [1.29, 1.82) is 0 Å². The monoisotopic (exact) mass is 488 g/mol. The van der Waals surface area contributed by atoms with Crippen LogP contribution in [0.2, 0.25) is 0 Å². The lowest BCUT2D eigenvalue weighted by Crippen LogP contribution is -2.39. The van der Waals surface area contributed by atoms with E-state index in [1.54, 1.807) is 30.2 Å². The second-order valence-electron chi connectivity index (χ2n) is 9.39. The lowest BCUT2D eigenvalue weighted by Gasteiger charge is -2.28. The number of hydrogen-bond donors (Lipinski definition) is 3. The second kappa shape index (κ2) is 11.7. The Bertz CT molecular complexity index is 976. The third kappa shape index (κ3) is 6.62. The molecule has 3 heterocycles. The zero-order valence-electron chi connectivity index (χ0n) is 20.1. The van der Waals surface area contributed by atoms with Crippen molar-refractivity contribution < 1.29 is 18.7 Å². The highest BCUT2D eigenvalue weighted by molar-refractivity contribution is 5.94. The van der Waals surface area contributed by atoms with Crippen LogP contribution in [0.1, 0.15) is 62.2 Å². The first-order valence-electron chi connectivity index (χ1n) is 12.5. The quantitative estimate of drug-likeness (QED) is 0.516. The highest BCUT2D eigenvalue weighted by atomic mass is 19.1. The Labute approximate surface area is 204 Å². The number of piperidine rings is 1. The Balaban J connectivity index is 1.53. The topological polar surface area (TPSA) is 103 Å². The molecule has 0 bridgehead atoms. The summed E-state index contributed by atoms with van der Waals surface area (Å²) in [6.45, 7) is 2.72. The van der Waals surface area contributed by atoms with Crippen molar-refractivity contribution in [2.24, 2.45) is 0 Å². The molecule has 35 heavy (non-hydrogen) atoms.